The van der Waals surface area contributed by atoms with Gasteiger partial charge in [0.05, 0.1) is 24.9 Å². The summed E-state index contributed by atoms with van der Waals surface area (Å²) < 4.78 is 11.1. The van der Waals surface area contributed by atoms with E-state index in [1.54, 1.807) is 14.0 Å². The van der Waals surface area contributed by atoms with Crippen LogP contribution in [-0.2, 0) is 4.74 Å². The van der Waals surface area contributed by atoms with E-state index >= 15 is 0 Å². The van der Waals surface area contributed by atoms with Crippen LogP contribution in [0.25, 0.3) is 6.08 Å². The lowest BCUT2D eigenvalue weighted by atomic mass is 9.76. The lowest BCUT2D eigenvalue weighted by molar-refractivity contribution is -0.222. The van der Waals surface area contributed by atoms with E-state index in [0.29, 0.717) is 6.42 Å². The van der Waals surface area contributed by atoms with Crippen LogP contribution in [0.4, 0.5) is 0 Å². The van der Waals surface area contributed by atoms with Crippen LogP contribution in [0.15, 0.2) is 30.3 Å². The zero-order valence-corrected chi connectivity index (χ0v) is 15.1. The van der Waals surface area contributed by atoms with Crippen LogP contribution < -0.4 is 4.74 Å². The number of aliphatic hydroxyl groups is 2. The Hall–Kier alpha value is -1.40. The second kappa shape index (κ2) is 7.46. The van der Waals surface area contributed by atoms with Gasteiger partial charge in [0, 0.05) is 26.1 Å². The topological polar surface area (TPSA) is 62.2 Å². The van der Waals surface area contributed by atoms with Crippen LogP contribution in [0.2, 0.25) is 0 Å². The fraction of sp³-hybridized carbons (Fsp3) is 0.600. The Balaban J connectivity index is 1.48. The molecule has 0 aliphatic carbocycles. The van der Waals surface area contributed by atoms with Gasteiger partial charge < -0.3 is 19.7 Å². The van der Waals surface area contributed by atoms with Crippen LogP contribution >= 0.6 is 0 Å². The molecule has 2 aliphatic rings. The van der Waals surface area contributed by atoms with Gasteiger partial charge in [0.2, 0.25) is 0 Å². The number of hydrogen-bond donors (Lipinski definition) is 2. The third-order valence-electron chi connectivity index (χ3n) is 5.50. The van der Waals surface area contributed by atoms with Gasteiger partial charge in [0.25, 0.3) is 0 Å². The number of benzene rings is 1. The molecule has 1 aromatic rings. The first kappa shape index (κ1) is 18.4. The van der Waals surface area contributed by atoms with Crippen molar-refractivity contribution in [3.05, 3.63) is 35.9 Å². The Kier molecular flexibility index (Phi) is 5.49. The molecular weight excluding hydrogens is 318 g/mol. The largest absolute Gasteiger partial charge is 0.497 e. The Bertz CT molecular complexity index is 588. The van der Waals surface area contributed by atoms with Crippen LogP contribution in [0.1, 0.15) is 31.7 Å². The van der Waals surface area contributed by atoms with Gasteiger partial charge in [-0.1, -0.05) is 24.3 Å². The van der Waals surface area contributed by atoms with E-state index in [0.717, 1.165) is 43.8 Å². The molecule has 138 valence electrons. The SMILES string of the molecule is COc1ccc(/C=C/CN2CCC3(CC2)C[C@](C)(O)[C@@H](O)CO3)cc1. The summed E-state index contributed by atoms with van der Waals surface area (Å²) in [7, 11) is 1.67. The van der Waals surface area contributed by atoms with Gasteiger partial charge in [-0.15, -0.1) is 0 Å². The number of hydrogen-bond acceptors (Lipinski definition) is 5. The van der Waals surface area contributed by atoms with Crippen LogP contribution in [0, 0.1) is 0 Å². The maximum atomic E-state index is 10.4. The van der Waals surface area contributed by atoms with E-state index in [2.05, 4.69) is 17.1 Å². The molecule has 5 heteroatoms. The van der Waals surface area contributed by atoms with Crippen molar-refractivity contribution < 1.29 is 19.7 Å². The summed E-state index contributed by atoms with van der Waals surface area (Å²) in [5.41, 5.74) is -0.164. The van der Waals surface area contributed by atoms with Crippen LogP contribution in [0.5, 0.6) is 5.75 Å². The standard InChI is InChI=1S/C20H29NO4/c1-19(23)15-20(25-14-18(19)22)9-12-21(13-10-20)11-3-4-16-5-7-17(24-2)8-6-16/h3-8,18,22-23H,9-15H2,1-2H3/b4-3+/t18-,19-/m0/s1. The molecule has 2 saturated heterocycles. The maximum Gasteiger partial charge on any atom is 0.118 e. The highest BCUT2D eigenvalue weighted by Gasteiger charge is 2.48. The molecule has 0 unspecified atom stereocenters. The third-order valence-corrected chi connectivity index (χ3v) is 5.50. The number of likely N-dealkylation sites (tertiary alicyclic amines) is 1. The average Bonchev–Trinajstić information content (AvgIpc) is 2.61. The lowest BCUT2D eigenvalue weighted by Gasteiger charge is -2.49. The molecule has 1 aromatic carbocycles. The van der Waals surface area contributed by atoms with Crippen molar-refractivity contribution in [3.63, 3.8) is 0 Å². The van der Waals surface area contributed by atoms with E-state index in [-0.39, 0.29) is 12.2 Å². The summed E-state index contributed by atoms with van der Waals surface area (Å²) in [4.78, 5) is 2.40. The van der Waals surface area contributed by atoms with Crippen molar-refractivity contribution in [1.29, 1.82) is 0 Å². The molecule has 0 radical (unpaired) electrons. The van der Waals surface area contributed by atoms with Crippen molar-refractivity contribution in [3.8, 4) is 5.75 Å². The van der Waals surface area contributed by atoms with E-state index in [1.807, 2.05) is 24.3 Å². The number of nitrogens with zero attached hydrogens (tertiary/aromatic N) is 1. The highest BCUT2D eigenvalue weighted by Crippen LogP contribution is 2.39. The second-order valence-electron chi connectivity index (χ2n) is 7.52. The summed E-state index contributed by atoms with van der Waals surface area (Å²) in [6.07, 6.45) is 5.82. The molecule has 0 bridgehead atoms. The summed E-state index contributed by atoms with van der Waals surface area (Å²) >= 11 is 0. The summed E-state index contributed by atoms with van der Waals surface area (Å²) in [5, 5.41) is 20.2. The van der Waals surface area contributed by atoms with Crippen molar-refractivity contribution in [2.75, 3.05) is 33.4 Å². The summed E-state index contributed by atoms with van der Waals surface area (Å²) in [6.45, 7) is 4.73. The molecule has 1 spiro atoms. The highest BCUT2D eigenvalue weighted by molar-refractivity contribution is 5.50. The number of aliphatic hydroxyl groups excluding tert-OH is 1. The molecule has 2 aliphatic heterocycles. The van der Waals surface area contributed by atoms with E-state index < -0.39 is 11.7 Å². The Morgan fingerprint density at radius 1 is 1.28 bits per heavy atom. The molecule has 0 saturated carbocycles. The fourth-order valence-electron chi connectivity index (χ4n) is 3.77. The fourth-order valence-corrected chi connectivity index (χ4v) is 3.77. The first-order valence-corrected chi connectivity index (χ1v) is 9.00. The smallest absolute Gasteiger partial charge is 0.118 e. The zero-order chi connectivity index (χ0) is 17.9. The normalized spacial score (nSPS) is 30.0. The van der Waals surface area contributed by atoms with Gasteiger partial charge in [0.1, 0.15) is 11.9 Å². The maximum absolute atomic E-state index is 10.4. The van der Waals surface area contributed by atoms with Gasteiger partial charge in [0.15, 0.2) is 0 Å². The molecule has 2 N–H and O–H groups in total. The average molecular weight is 347 g/mol. The Morgan fingerprint density at radius 3 is 2.56 bits per heavy atom. The molecule has 3 rings (SSSR count). The van der Waals surface area contributed by atoms with E-state index in [9.17, 15) is 10.2 Å². The molecule has 5 nitrogen and oxygen atoms in total. The van der Waals surface area contributed by atoms with Crippen molar-refractivity contribution in [2.45, 2.75) is 43.5 Å². The second-order valence-corrected chi connectivity index (χ2v) is 7.52. The minimum atomic E-state index is -1.05. The van der Waals surface area contributed by atoms with Crippen molar-refractivity contribution in [1.82, 2.24) is 4.90 Å². The first-order valence-electron chi connectivity index (χ1n) is 9.00. The molecule has 0 aromatic heterocycles. The predicted octanol–water partition coefficient (Wildman–Crippen LogP) is 2.08. The molecular formula is C20H29NO4. The lowest BCUT2D eigenvalue weighted by Crippen LogP contribution is -2.59. The highest BCUT2D eigenvalue weighted by atomic mass is 16.5. The quantitative estimate of drug-likeness (QED) is 0.873. The number of methoxy groups -OCH3 is 1. The molecule has 0 amide bonds. The molecule has 25 heavy (non-hydrogen) atoms. The minimum absolute atomic E-state index is 0.227. The minimum Gasteiger partial charge on any atom is -0.497 e. The number of piperidine rings is 1. The molecule has 2 heterocycles. The van der Waals surface area contributed by atoms with Crippen LogP contribution in [0.3, 0.4) is 0 Å². The monoisotopic (exact) mass is 347 g/mol. The van der Waals surface area contributed by atoms with Crippen molar-refractivity contribution in [2.24, 2.45) is 0 Å². The van der Waals surface area contributed by atoms with Gasteiger partial charge in [-0.05, 0) is 37.5 Å². The van der Waals surface area contributed by atoms with E-state index in [1.165, 1.54) is 0 Å². The Morgan fingerprint density at radius 2 is 1.96 bits per heavy atom. The number of rotatable bonds is 4. The number of ether oxygens (including phenoxy) is 2. The van der Waals surface area contributed by atoms with E-state index in [4.69, 9.17) is 9.47 Å². The first-order chi connectivity index (χ1) is 11.9. The predicted molar refractivity (Wildman–Crippen MR) is 97.6 cm³/mol. The molecule has 2 atom stereocenters. The van der Waals surface area contributed by atoms with Crippen molar-refractivity contribution >= 4 is 6.08 Å². The van der Waals surface area contributed by atoms with Gasteiger partial charge >= 0.3 is 0 Å². The molecule has 2 fully saturated rings. The zero-order valence-electron chi connectivity index (χ0n) is 15.1. The summed E-state index contributed by atoms with van der Waals surface area (Å²) in [5.74, 6) is 0.868. The van der Waals surface area contributed by atoms with Gasteiger partial charge in [-0.25, -0.2) is 0 Å². The third kappa shape index (κ3) is 4.42. The summed E-state index contributed by atoms with van der Waals surface area (Å²) in [6, 6.07) is 8.02. The van der Waals surface area contributed by atoms with Gasteiger partial charge in [-0.2, -0.15) is 0 Å². The Labute approximate surface area is 149 Å². The van der Waals surface area contributed by atoms with Gasteiger partial charge in [-0.3, -0.25) is 4.90 Å². The van der Waals surface area contributed by atoms with Crippen LogP contribution in [-0.4, -0.2) is 65.8 Å².